The van der Waals surface area contributed by atoms with Crippen LogP contribution in [-0.2, 0) is 0 Å². The third kappa shape index (κ3) is 1.60. The van der Waals surface area contributed by atoms with Gasteiger partial charge in [0.05, 0.1) is 6.33 Å². The van der Waals surface area contributed by atoms with Crippen LogP contribution in [0.4, 0.5) is 5.13 Å². The zero-order valence-electron chi connectivity index (χ0n) is 7.87. The van der Waals surface area contributed by atoms with Gasteiger partial charge in [-0.05, 0) is 13.8 Å². The molecule has 0 spiro atoms. The van der Waals surface area contributed by atoms with E-state index >= 15 is 0 Å². The zero-order valence-corrected chi connectivity index (χ0v) is 8.68. The van der Waals surface area contributed by atoms with Crippen LogP contribution in [-0.4, -0.2) is 21.0 Å². The molecule has 6 heteroatoms. The van der Waals surface area contributed by atoms with Gasteiger partial charge in [0.15, 0.2) is 10.8 Å². The summed E-state index contributed by atoms with van der Waals surface area (Å²) in [7, 11) is 0. The molecule has 0 aliphatic heterocycles. The summed E-state index contributed by atoms with van der Waals surface area (Å²) in [6.45, 7) is 4.04. The quantitative estimate of drug-likeness (QED) is 0.781. The lowest BCUT2D eigenvalue weighted by atomic mass is 10.4. The maximum Gasteiger partial charge on any atom is 0.270 e. The minimum Gasteiger partial charge on any atom is -0.359 e. The number of hydrogen-bond acceptors (Lipinski definition) is 5. The average Bonchev–Trinajstić information content (AvgIpc) is 2.47. The minimum atomic E-state index is -0.135. The minimum absolute atomic E-state index is 0.135. The molecule has 0 aliphatic rings. The normalized spacial score (nSPS) is 11.1. The van der Waals surface area contributed by atoms with E-state index in [1.54, 1.807) is 0 Å². The number of anilines is 1. The third-order valence-electron chi connectivity index (χ3n) is 1.61. The highest BCUT2D eigenvalue weighted by Crippen LogP contribution is 2.21. The molecule has 0 amide bonds. The van der Waals surface area contributed by atoms with Crippen LogP contribution in [0.3, 0.4) is 0 Å². The molecule has 0 atom stereocenters. The number of rotatable bonds is 2. The molecule has 0 aliphatic carbocycles. The Hall–Kier alpha value is -1.43. The summed E-state index contributed by atoms with van der Waals surface area (Å²) >= 11 is 1.32. The first-order valence-corrected chi connectivity index (χ1v) is 5.09. The molecule has 2 rings (SSSR count). The number of nitrogens with zero attached hydrogens (tertiary/aromatic N) is 2. The summed E-state index contributed by atoms with van der Waals surface area (Å²) in [6.07, 6.45) is 1.36. The van der Waals surface area contributed by atoms with Crippen molar-refractivity contribution in [3.05, 3.63) is 16.7 Å². The Labute approximate surface area is 84.2 Å². The lowest BCUT2D eigenvalue weighted by molar-refractivity contribution is 0.897. The van der Waals surface area contributed by atoms with E-state index in [2.05, 4.69) is 20.3 Å². The topological polar surface area (TPSA) is 70.7 Å². The largest absolute Gasteiger partial charge is 0.359 e. The molecule has 2 N–H and O–H groups in total. The highest BCUT2D eigenvalue weighted by atomic mass is 32.1. The van der Waals surface area contributed by atoms with Crippen LogP contribution in [0.5, 0.6) is 0 Å². The fourth-order valence-corrected chi connectivity index (χ4v) is 2.04. The van der Waals surface area contributed by atoms with Gasteiger partial charge in [0, 0.05) is 6.04 Å². The summed E-state index contributed by atoms with van der Waals surface area (Å²) < 4.78 is 0.565. The van der Waals surface area contributed by atoms with Crippen LogP contribution in [0.25, 0.3) is 10.3 Å². The molecule has 2 heterocycles. The van der Waals surface area contributed by atoms with Gasteiger partial charge in [-0.1, -0.05) is 11.3 Å². The van der Waals surface area contributed by atoms with Crippen molar-refractivity contribution in [2.24, 2.45) is 0 Å². The average molecular weight is 210 g/mol. The van der Waals surface area contributed by atoms with Crippen LogP contribution in [0.1, 0.15) is 13.8 Å². The van der Waals surface area contributed by atoms with Gasteiger partial charge in [-0.3, -0.25) is 4.79 Å². The number of H-pyrrole nitrogens is 1. The fourth-order valence-electron chi connectivity index (χ4n) is 1.07. The lowest BCUT2D eigenvalue weighted by Crippen LogP contribution is -2.08. The first-order valence-electron chi connectivity index (χ1n) is 4.27. The standard InChI is InChI=1S/C8H10N4OS/c1-4(2)11-8-12-6-5(14-8)7(13)10-3-9-6/h3-4H,1-2H3,(H2,9,10,11,12,13). The molecule has 2 aromatic heterocycles. The van der Waals surface area contributed by atoms with E-state index in [1.807, 2.05) is 13.8 Å². The van der Waals surface area contributed by atoms with Crippen LogP contribution in [0.15, 0.2) is 11.1 Å². The molecule has 0 aromatic carbocycles. The highest BCUT2D eigenvalue weighted by Gasteiger charge is 2.07. The van der Waals surface area contributed by atoms with Crippen molar-refractivity contribution in [1.82, 2.24) is 15.0 Å². The van der Waals surface area contributed by atoms with Crippen LogP contribution < -0.4 is 10.9 Å². The molecule has 0 saturated heterocycles. The van der Waals surface area contributed by atoms with E-state index in [9.17, 15) is 4.79 Å². The molecule has 2 aromatic rings. The van der Waals surface area contributed by atoms with Crippen molar-refractivity contribution in [2.75, 3.05) is 5.32 Å². The van der Waals surface area contributed by atoms with E-state index in [4.69, 9.17) is 0 Å². The van der Waals surface area contributed by atoms with Gasteiger partial charge < -0.3 is 10.3 Å². The smallest absolute Gasteiger partial charge is 0.270 e. The summed E-state index contributed by atoms with van der Waals surface area (Å²) in [4.78, 5) is 22.0. The molecule has 0 saturated carbocycles. The highest BCUT2D eigenvalue weighted by molar-refractivity contribution is 7.22. The Morgan fingerprint density at radius 2 is 2.36 bits per heavy atom. The molecule has 0 unspecified atom stereocenters. The molecule has 0 fully saturated rings. The van der Waals surface area contributed by atoms with Gasteiger partial charge in [-0.2, -0.15) is 4.98 Å². The van der Waals surface area contributed by atoms with Gasteiger partial charge in [-0.25, -0.2) is 4.98 Å². The number of aromatic nitrogens is 3. The van der Waals surface area contributed by atoms with Gasteiger partial charge in [-0.15, -0.1) is 0 Å². The molecule has 5 nitrogen and oxygen atoms in total. The van der Waals surface area contributed by atoms with E-state index < -0.39 is 0 Å². The monoisotopic (exact) mass is 210 g/mol. The number of hydrogen-bond donors (Lipinski definition) is 2. The number of fused-ring (bicyclic) bond motifs is 1. The van der Waals surface area contributed by atoms with Crippen molar-refractivity contribution in [2.45, 2.75) is 19.9 Å². The molecule has 0 radical (unpaired) electrons. The van der Waals surface area contributed by atoms with Crippen molar-refractivity contribution in [3.63, 3.8) is 0 Å². The van der Waals surface area contributed by atoms with Crippen molar-refractivity contribution >= 4 is 26.8 Å². The summed E-state index contributed by atoms with van der Waals surface area (Å²) in [5.41, 5.74) is 0.367. The number of nitrogens with one attached hydrogen (secondary N) is 2. The van der Waals surface area contributed by atoms with E-state index in [0.29, 0.717) is 16.4 Å². The first kappa shape index (κ1) is 9.14. The Bertz CT molecular complexity index is 501. The Kier molecular flexibility index (Phi) is 2.20. The Morgan fingerprint density at radius 3 is 3.00 bits per heavy atom. The molecular weight excluding hydrogens is 200 g/mol. The van der Waals surface area contributed by atoms with Gasteiger partial charge in [0.25, 0.3) is 5.56 Å². The molecule has 74 valence electrons. The van der Waals surface area contributed by atoms with Gasteiger partial charge in [0.2, 0.25) is 0 Å². The van der Waals surface area contributed by atoms with Crippen LogP contribution >= 0.6 is 11.3 Å². The zero-order chi connectivity index (χ0) is 10.1. The second-order valence-electron chi connectivity index (χ2n) is 3.20. The van der Waals surface area contributed by atoms with Crippen LogP contribution in [0.2, 0.25) is 0 Å². The van der Waals surface area contributed by atoms with Crippen molar-refractivity contribution in [1.29, 1.82) is 0 Å². The number of thiazole rings is 1. The van der Waals surface area contributed by atoms with Crippen molar-refractivity contribution in [3.8, 4) is 0 Å². The van der Waals surface area contributed by atoms with E-state index in [1.165, 1.54) is 17.7 Å². The van der Waals surface area contributed by atoms with E-state index in [-0.39, 0.29) is 5.56 Å². The Balaban J connectivity index is 2.52. The molecule has 0 bridgehead atoms. The summed E-state index contributed by atoms with van der Waals surface area (Å²) in [6, 6.07) is 0.301. The SMILES string of the molecule is CC(C)Nc1nc2nc[nH]c(=O)c2s1. The van der Waals surface area contributed by atoms with E-state index in [0.717, 1.165) is 5.13 Å². The summed E-state index contributed by atoms with van der Waals surface area (Å²) in [5, 5.41) is 3.87. The molecule has 14 heavy (non-hydrogen) atoms. The predicted octanol–water partition coefficient (Wildman–Crippen LogP) is 1.20. The Morgan fingerprint density at radius 1 is 1.57 bits per heavy atom. The molecular formula is C8H10N4OS. The second-order valence-corrected chi connectivity index (χ2v) is 4.20. The van der Waals surface area contributed by atoms with Crippen LogP contribution in [0, 0.1) is 0 Å². The predicted molar refractivity (Wildman–Crippen MR) is 56.8 cm³/mol. The third-order valence-corrected chi connectivity index (χ3v) is 2.58. The van der Waals surface area contributed by atoms with Crippen molar-refractivity contribution < 1.29 is 0 Å². The van der Waals surface area contributed by atoms with Gasteiger partial charge >= 0.3 is 0 Å². The van der Waals surface area contributed by atoms with Gasteiger partial charge in [0.1, 0.15) is 4.70 Å². The maximum absolute atomic E-state index is 11.3. The first-order chi connectivity index (χ1) is 6.66. The maximum atomic E-state index is 11.3. The second kappa shape index (κ2) is 3.38. The fraction of sp³-hybridized carbons (Fsp3) is 0.375. The summed E-state index contributed by atoms with van der Waals surface area (Å²) in [5.74, 6) is 0. The number of aromatic amines is 1. The lowest BCUT2D eigenvalue weighted by Gasteiger charge is -2.03.